The highest BCUT2D eigenvalue weighted by Crippen LogP contribution is 2.54. The minimum Gasteiger partial charge on any atom is -0.481 e. The second-order valence-electron chi connectivity index (χ2n) is 21.9. The molecule has 8 rings (SSSR count). The van der Waals surface area contributed by atoms with E-state index in [2.05, 4.69) is 56.5 Å². The number of phosphoric acid groups is 1. The SMILES string of the molecule is CC(CC(=O)NCCC(=O)N[C@H](C(=O)C[C@@H](CCCNC(N)=O)C(=O)Nc1ccc(COC(=O)N(C)CCOC(=O)Nc2ncnc3c2ncn3[C@@H]2O[C@@H]3COP(=O)(O)O[C@H]4[C@@H](F)[C@H](n5cnc6c(N)ncnc65)O[C@@H]4COP(O)(=S)O[C@H]3[C@H]2F)cc1)C(C)C)C(=O)O. The molecule has 7 heterocycles. The highest BCUT2D eigenvalue weighted by molar-refractivity contribution is 8.07. The summed E-state index contributed by atoms with van der Waals surface area (Å²) in [5, 5.41) is 21.8. The Bertz CT molecular complexity index is 3650. The number of nitrogen functional groups attached to an aromatic ring is 1. The van der Waals surface area contributed by atoms with E-state index in [1.54, 1.807) is 26.0 Å². The summed E-state index contributed by atoms with van der Waals surface area (Å²) in [6.07, 6.45) is -12.6. The van der Waals surface area contributed by atoms with E-state index >= 15 is 8.78 Å². The molecule has 0 spiro atoms. The number of anilines is 3. The van der Waals surface area contributed by atoms with E-state index in [9.17, 15) is 52.7 Å². The summed E-state index contributed by atoms with van der Waals surface area (Å²) in [4.78, 5) is 148. The first-order valence-electron chi connectivity index (χ1n) is 28.7. The fourth-order valence-electron chi connectivity index (χ4n) is 9.80. The molecule has 0 aliphatic carbocycles. The van der Waals surface area contributed by atoms with Crippen LogP contribution in [0.3, 0.4) is 0 Å². The molecule has 3 saturated heterocycles. The number of halogens is 2. The first-order valence-corrected chi connectivity index (χ1v) is 32.7. The maximum Gasteiger partial charge on any atom is 0.472 e. The number of primary amides is 1. The molecule has 93 heavy (non-hydrogen) atoms. The third-order valence-corrected chi connectivity index (χ3v) is 17.2. The standard InChI is InChI=1S/C52H68F2N16O20P2S/c1-25(2)37(66-33(72)11-13-57-34(73)16-26(3)49(75)76)30(71)17-28(6-5-12-58-50(56)77)46(74)65-29-9-7-27(8-10-29)18-84-52(79)68(4)14-15-83-51(78)67-43-39-45(62-22-60-43)70(24-64-39)48-36(54)41-31(87-48)19-85-91(80,81)89-40-32(20-86-92(82,93)90-41)88-47(35(40)53)69-23-63-38-42(55)59-21-61-44(38)69/h7-10,21-26,28,31-32,35-37,40-41,47-48H,5-6,11-20H2,1-4H3,(H,57,73)(H,65,74)(H,66,72)(H,75,76)(H,80,81)(H,82,93)(H2,55,59,61)(H3,56,58,77)(H,60,62,67,78)/t26?,28-,31-,32-,35-,36-,37+,40-,41-,47-,48-,92?/m1/s1. The molecule has 0 radical (unpaired) electrons. The number of carboxylic acids is 1. The third kappa shape index (κ3) is 18.6. The number of ketones is 1. The van der Waals surface area contributed by atoms with Crippen LogP contribution in [0.4, 0.5) is 40.5 Å². The number of aliphatic carboxylic acids is 1. The number of carboxylic acid groups (broad SMARTS) is 1. The van der Waals surface area contributed by atoms with Gasteiger partial charge in [-0.2, -0.15) is 0 Å². The van der Waals surface area contributed by atoms with Crippen molar-refractivity contribution >= 4 is 114 Å². The van der Waals surface area contributed by atoms with Crippen LogP contribution >= 0.6 is 14.5 Å². The van der Waals surface area contributed by atoms with Crippen molar-refractivity contribution in [2.24, 2.45) is 23.5 Å². The molecule has 3 aliphatic rings. The van der Waals surface area contributed by atoms with E-state index in [-0.39, 0.29) is 98.9 Å². The van der Waals surface area contributed by atoms with Gasteiger partial charge in [-0.3, -0.25) is 52.0 Å². The number of nitrogens with zero attached hydrogens (tertiary/aromatic N) is 9. The van der Waals surface area contributed by atoms with Gasteiger partial charge in [0.1, 0.15) is 55.8 Å². The van der Waals surface area contributed by atoms with Gasteiger partial charge in [0.15, 0.2) is 59.0 Å². The number of nitrogens with two attached hydrogens (primary N) is 2. The Morgan fingerprint density at radius 2 is 1.43 bits per heavy atom. The number of carbonyl (C=O) groups excluding carboxylic acids is 7. The number of imidazole rings is 2. The second kappa shape index (κ2) is 31.2. The lowest BCUT2D eigenvalue weighted by atomic mass is 9.89. The minimum absolute atomic E-state index is 0.0223. The van der Waals surface area contributed by atoms with E-state index in [4.69, 9.17) is 65.4 Å². The number of Topliss-reactive ketones (excluding diaryl/α,β-unsaturated/α-hetero) is 1. The number of rotatable bonds is 25. The Morgan fingerprint density at radius 3 is 2.08 bits per heavy atom. The Kier molecular flexibility index (Phi) is 23.8. The van der Waals surface area contributed by atoms with Crippen molar-refractivity contribution in [3.8, 4) is 0 Å². The third-order valence-electron chi connectivity index (χ3n) is 14.7. The summed E-state index contributed by atoms with van der Waals surface area (Å²) < 4.78 is 92.4. The average Bonchev–Trinajstić information content (AvgIpc) is 1.63. The van der Waals surface area contributed by atoms with Crippen molar-refractivity contribution < 1.29 is 104 Å². The van der Waals surface area contributed by atoms with Crippen molar-refractivity contribution in [2.45, 2.75) is 115 Å². The van der Waals surface area contributed by atoms with Crippen molar-refractivity contribution in [1.29, 1.82) is 0 Å². The highest BCUT2D eigenvalue weighted by atomic mass is 32.5. The number of hydrogen-bond acceptors (Lipinski definition) is 25. The van der Waals surface area contributed by atoms with Crippen LogP contribution in [0, 0.1) is 17.8 Å². The van der Waals surface area contributed by atoms with Crippen molar-refractivity contribution in [2.75, 3.05) is 62.9 Å². The van der Waals surface area contributed by atoms with Gasteiger partial charge in [-0.1, -0.05) is 32.9 Å². The first-order chi connectivity index (χ1) is 44.1. The lowest BCUT2D eigenvalue weighted by Crippen LogP contribution is -2.46. The van der Waals surface area contributed by atoms with E-state index in [0.29, 0.717) is 11.3 Å². The fourth-order valence-corrected chi connectivity index (χ4v) is 12.2. The lowest BCUT2D eigenvalue weighted by molar-refractivity contribution is -0.143. The summed E-state index contributed by atoms with van der Waals surface area (Å²) >= 11 is 5.21. The molecule has 0 saturated carbocycles. The fraction of sp³-hybridized carbons (Fsp3) is 0.538. The number of carbonyl (C=O) groups is 8. The molecule has 1 aromatic carbocycles. The monoisotopic (exact) mass is 1370 g/mol. The summed E-state index contributed by atoms with van der Waals surface area (Å²) in [5.41, 5.74) is 11.8. The zero-order valence-corrected chi connectivity index (χ0v) is 52.7. The molecule has 3 fully saturated rings. The molecule has 41 heteroatoms. The Morgan fingerprint density at radius 1 is 0.806 bits per heavy atom. The number of amides is 7. The van der Waals surface area contributed by atoms with Crippen LogP contribution < -0.4 is 38.1 Å². The number of phosphoric ester groups is 1. The van der Waals surface area contributed by atoms with Crippen LogP contribution in [0.1, 0.15) is 70.9 Å². The highest BCUT2D eigenvalue weighted by Gasteiger charge is 2.54. The maximum atomic E-state index is 16.7. The second-order valence-corrected chi connectivity index (χ2v) is 26.1. The minimum atomic E-state index is -5.25. The molecule has 12 N–H and O–H groups in total. The van der Waals surface area contributed by atoms with Gasteiger partial charge < -0.3 is 76.0 Å². The van der Waals surface area contributed by atoms with Crippen LogP contribution in [0.25, 0.3) is 22.3 Å². The number of alkyl halides is 2. The van der Waals surface area contributed by atoms with Gasteiger partial charge in [0.2, 0.25) is 17.7 Å². The average molecular weight is 1370 g/mol. The van der Waals surface area contributed by atoms with Crippen LogP contribution in [-0.4, -0.2) is 196 Å². The summed E-state index contributed by atoms with van der Waals surface area (Å²) in [5.74, 6) is -5.72. The van der Waals surface area contributed by atoms with Gasteiger partial charge in [0.05, 0.1) is 44.4 Å². The number of benzene rings is 1. The predicted octanol–water partition coefficient (Wildman–Crippen LogP) is 2.39. The lowest BCUT2D eigenvalue weighted by Gasteiger charge is -2.28. The van der Waals surface area contributed by atoms with Gasteiger partial charge >= 0.3 is 38.7 Å². The molecule has 5 aromatic rings. The van der Waals surface area contributed by atoms with Crippen LogP contribution in [0.5, 0.6) is 0 Å². The molecule has 13 atom stereocenters. The van der Waals surface area contributed by atoms with Crippen LogP contribution in [-0.2, 0) is 84.0 Å². The zero-order valence-electron chi connectivity index (χ0n) is 50.1. The molecule has 3 unspecified atom stereocenters. The van der Waals surface area contributed by atoms with Gasteiger partial charge in [-0.05, 0) is 48.3 Å². The quantitative estimate of drug-likeness (QED) is 0.0296. The Hall–Kier alpha value is -8.10. The molecular weight excluding hydrogens is 1300 g/mol. The maximum absolute atomic E-state index is 16.7. The number of nitrogens with one attached hydrogen (secondary N) is 5. The summed E-state index contributed by atoms with van der Waals surface area (Å²) in [7, 11) is -3.87. The Balaban J connectivity index is 0.796. The van der Waals surface area contributed by atoms with E-state index in [0.717, 1.165) is 39.3 Å². The number of likely N-dealkylation sites (N-methyl/N-ethyl adjacent to an activating group) is 1. The van der Waals surface area contributed by atoms with Gasteiger partial charge in [0.25, 0.3) is 0 Å². The number of urea groups is 1. The van der Waals surface area contributed by atoms with Gasteiger partial charge in [-0.25, -0.2) is 57.6 Å². The van der Waals surface area contributed by atoms with Gasteiger partial charge in [-0.15, -0.1) is 0 Å². The molecule has 3 aliphatic heterocycles. The molecule has 4 aromatic heterocycles. The van der Waals surface area contributed by atoms with Crippen molar-refractivity contribution in [1.82, 2.24) is 59.9 Å². The number of hydrogen-bond donors (Lipinski definition) is 10. The van der Waals surface area contributed by atoms with E-state index in [1.807, 2.05) is 0 Å². The largest absolute Gasteiger partial charge is 0.481 e. The van der Waals surface area contributed by atoms with Crippen molar-refractivity contribution in [3.05, 3.63) is 55.1 Å². The number of aromatic nitrogens is 8. The van der Waals surface area contributed by atoms with Crippen LogP contribution in [0.15, 0.2) is 49.6 Å². The molecule has 7 amide bonds. The topological polar surface area (TPSA) is 491 Å². The van der Waals surface area contributed by atoms with E-state index < -0.39 is 148 Å². The molecular formula is C52H68F2N16O20P2S. The molecule has 0 bridgehead atoms. The molecule has 36 nitrogen and oxygen atoms in total. The normalized spacial score (nSPS) is 24.8. The van der Waals surface area contributed by atoms with Gasteiger partial charge in [0, 0.05) is 51.0 Å². The van der Waals surface area contributed by atoms with Crippen molar-refractivity contribution in [3.63, 3.8) is 0 Å². The van der Waals surface area contributed by atoms with E-state index in [1.165, 1.54) is 26.1 Å². The Labute approximate surface area is 531 Å². The van der Waals surface area contributed by atoms with Crippen LogP contribution in [0.2, 0.25) is 0 Å². The molecule has 506 valence electrons. The smallest absolute Gasteiger partial charge is 0.472 e. The summed E-state index contributed by atoms with van der Waals surface area (Å²) in [6, 6.07) is 4.44. The predicted molar refractivity (Wildman–Crippen MR) is 319 cm³/mol. The number of ether oxygens (including phenoxy) is 4. The summed E-state index contributed by atoms with van der Waals surface area (Å²) in [6.45, 7) is -2.18. The zero-order chi connectivity index (χ0) is 67.5. The number of fused-ring (bicyclic) bond motifs is 4. The first kappa shape index (κ1) is 70.8.